The van der Waals surface area contributed by atoms with Gasteiger partial charge < -0.3 is 15.3 Å². The fraction of sp³-hybridized carbons (Fsp3) is 0.381. The summed E-state index contributed by atoms with van der Waals surface area (Å²) in [5.74, 6) is -2.28. The lowest BCUT2D eigenvalue weighted by Crippen LogP contribution is -2.54. The number of hydrogen-bond donors (Lipinski definition) is 2. The van der Waals surface area contributed by atoms with Crippen LogP contribution < -0.4 is 5.32 Å². The Kier molecular flexibility index (Phi) is 7.45. The van der Waals surface area contributed by atoms with Crippen LogP contribution in [0.5, 0.6) is 0 Å². The Balaban J connectivity index is 2.17. The van der Waals surface area contributed by atoms with Crippen molar-refractivity contribution in [2.24, 2.45) is 11.8 Å². The first kappa shape index (κ1) is 21.8. The first-order valence-electron chi connectivity index (χ1n) is 9.02. The largest absolute Gasteiger partial charge is 0.481 e. The van der Waals surface area contributed by atoms with Crippen LogP contribution in [0.3, 0.4) is 0 Å². The molecule has 2 rings (SSSR count). The number of benzene rings is 1. The number of allylic oxidation sites excluding steroid dienone is 2. The monoisotopic (exact) mass is 402 g/mol. The molecule has 28 heavy (non-hydrogen) atoms. The van der Waals surface area contributed by atoms with E-state index < -0.39 is 23.3 Å². The molecule has 6 nitrogen and oxygen atoms in total. The summed E-state index contributed by atoms with van der Waals surface area (Å²) in [6.07, 6.45) is 7.13. The molecule has 0 heterocycles. The molecule has 1 aromatic rings. The molecule has 0 aromatic heterocycles. The van der Waals surface area contributed by atoms with Gasteiger partial charge in [0.2, 0.25) is 5.91 Å². The Morgan fingerprint density at radius 3 is 2.50 bits per heavy atom. The molecular weight excluding hydrogens is 376 g/mol. The number of carboxylic acids is 1. The van der Waals surface area contributed by atoms with Crippen molar-refractivity contribution in [3.63, 3.8) is 0 Å². The lowest BCUT2D eigenvalue weighted by molar-refractivity contribution is -0.142. The van der Waals surface area contributed by atoms with Crippen LogP contribution in [0.1, 0.15) is 12.5 Å². The van der Waals surface area contributed by atoms with Gasteiger partial charge >= 0.3 is 5.97 Å². The summed E-state index contributed by atoms with van der Waals surface area (Å²) in [6, 6.07) is 9.58. The van der Waals surface area contributed by atoms with E-state index >= 15 is 0 Å². The van der Waals surface area contributed by atoms with Crippen LogP contribution in [0.25, 0.3) is 0 Å². The normalized spacial score (nSPS) is 21.8. The summed E-state index contributed by atoms with van der Waals surface area (Å²) in [6.45, 7) is 1.70. The second-order valence-corrected chi connectivity index (χ2v) is 8.16. The Morgan fingerprint density at radius 1 is 1.21 bits per heavy atom. The third kappa shape index (κ3) is 5.73. The van der Waals surface area contributed by atoms with Gasteiger partial charge in [-0.3, -0.25) is 14.4 Å². The zero-order valence-electron chi connectivity index (χ0n) is 16.3. The van der Waals surface area contributed by atoms with Gasteiger partial charge in [0.05, 0.1) is 11.5 Å². The average molecular weight is 403 g/mol. The third-order valence-electron chi connectivity index (χ3n) is 4.63. The van der Waals surface area contributed by atoms with Crippen LogP contribution in [-0.2, 0) is 16.0 Å². The fourth-order valence-electron chi connectivity index (χ4n) is 2.99. The van der Waals surface area contributed by atoms with Crippen molar-refractivity contribution in [2.45, 2.75) is 18.9 Å². The smallest absolute Gasteiger partial charge is 0.313 e. The molecule has 0 radical (unpaired) electrons. The number of carbonyl (C=O) groups is 3. The van der Waals surface area contributed by atoms with Gasteiger partial charge in [0.25, 0.3) is 5.24 Å². The van der Waals surface area contributed by atoms with E-state index in [0.717, 1.165) is 17.3 Å². The fourth-order valence-corrected chi connectivity index (χ4v) is 3.86. The van der Waals surface area contributed by atoms with E-state index in [1.54, 1.807) is 45.3 Å². The first-order valence-corrected chi connectivity index (χ1v) is 10.0. The Bertz CT molecular complexity index is 776. The molecule has 3 atom stereocenters. The van der Waals surface area contributed by atoms with Crippen molar-refractivity contribution in [1.29, 1.82) is 0 Å². The summed E-state index contributed by atoms with van der Waals surface area (Å²) in [5.41, 5.74) is -0.0393. The topological polar surface area (TPSA) is 86.7 Å². The van der Waals surface area contributed by atoms with Crippen molar-refractivity contribution in [3.05, 3.63) is 60.2 Å². The molecule has 2 amide bonds. The van der Waals surface area contributed by atoms with E-state index in [1.807, 2.05) is 30.3 Å². The van der Waals surface area contributed by atoms with Crippen LogP contribution in [0, 0.1) is 11.8 Å². The van der Waals surface area contributed by atoms with Gasteiger partial charge in [-0.1, -0.05) is 66.4 Å². The number of hydrogen-bond acceptors (Lipinski definition) is 4. The maximum Gasteiger partial charge on any atom is 0.313 e. The zero-order chi connectivity index (χ0) is 20.7. The number of nitrogens with zero attached hydrogens (tertiary/aromatic N) is 1. The van der Waals surface area contributed by atoms with Crippen molar-refractivity contribution in [2.75, 3.05) is 19.8 Å². The summed E-state index contributed by atoms with van der Waals surface area (Å²) < 4.78 is 0. The molecule has 0 bridgehead atoms. The second kappa shape index (κ2) is 9.59. The maximum absolute atomic E-state index is 13.1. The van der Waals surface area contributed by atoms with Crippen molar-refractivity contribution in [1.82, 2.24) is 10.2 Å². The van der Waals surface area contributed by atoms with E-state index in [-0.39, 0.29) is 11.1 Å². The molecule has 7 heteroatoms. The molecule has 1 aromatic carbocycles. The molecule has 0 aliphatic heterocycles. The highest BCUT2D eigenvalue weighted by Crippen LogP contribution is 2.26. The molecule has 1 aliphatic carbocycles. The third-order valence-corrected chi connectivity index (χ3v) is 5.81. The molecule has 2 N–H and O–H groups in total. The highest BCUT2D eigenvalue weighted by Gasteiger charge is 2.39. The predicted molar refractivity (Wildman–Crippen MR) is 111 cm³/mol. The average Bonchev–Trinajstić information content (AvgIpc) is 2.65. The molecule has 3 unspecified atom stereocenters. The maximum atomic E-state index is 13.1. The van der Waals surface area contributed by atoms with Gasteiger partial charge in [-0.2, -0.15) is 0 Å². The summed E-state index contributed by atoms with van der Waals surface area (Å²) in [5, 5.41) is 12.3. The number of nitrogens with one attached hydrogen (secondary N) is 1. The number of carboxylic acid groups (broad SMARTS) is 1. The first-order chi connectivity index (χ1) is 13.2. The van der Waals surface area contributed by atoms with Gasteiger partial charge in [-0.25, -0.2) is 0 Å². The highest BCUT2D eigenvalue weighted by molar-refractivity contribution is 8.13. The molecule has 1 aliphatic rings. The lowest BCUT2D eigenvalue weighted by Gasteiger charge is -2.35. The summed E-state index contributed by atoms with van der Waals surface area (Å²) in [4.78, 5) is 38.1. The number of amides is 2. The van der Waals surface area contributed by atoms with E-state index in [1.165, 1.54) is 4.90 Å². The number of aliphatic carboxylic acids is 1. The lowest BCUT2D eigenvalue weighted by atomic mass is 9.81. The Hall–Kier alpha value is -2.54. The van der Waals surface area contributed by atoms with Crippen molar-refractivity contribution in [3.8, 4) is 0 Å². The molecule has 0 saturated heterocycles. The molecule has 0 fully saturated rings. The van der Waals surface area contributed by atoms with Crippen LogP contribution in [0.2, 0.25) is 0 Å². The van der Waals surface area contributed by atoms with E-state index in [2.05, 4.69) is 5.32 Å². The van der Waals surface area contributed by atoms with E-state index in [0.29, 0.717) is 12.2 Å². The number of rotatable bonds is 7. The minimum atomic E-state index is -1.02. The van der Waals surface area contributed by atoms with Crippen LogP contribution in [-0.4, -0.2) is 52.5 Å². The van der Waals surface area contributed by atoms with Gasteiger partial charge in [-0.15, -0.1) is 0 Å². The Morgan fingerprint density at radius 2 is 1.89 bits per heavy atom. The molecule has 0 spiro atoms. The Labute approximate surface area is 169 Å². The predicted octanol–water partition coefficient (Wildman–Crippen LogP) is 2.96. The van der Waals surface area contributed by atoms with Gasteiger partial charge in [0.1, 0.15) is 5.92 Å². The van der Waals surface area contributed by atoms with Crippen LogP contribution in [0.4, 0.5) is 4.79 Å². The quantitative estimate of drug-likeness (QED) is 0.732. The van der Waals surface area contributed by atoms with E-state index in [4.69, 9.17) is 0 Å². The minimum absolute atomic E-state index is 0.124. The van der Waals surface area contributed by atoms with Gasteiger partial charge in [0.15, 0.2) is 0 Å². The van der Waals surface area contributed by atoms with E-state index in [9.17, 15) is 19.5 Å². The molecular formula is C21H26N2O4S. The highest BCUT2D eigenvalue weighted by atomic mass is 32.2. The molecule has 0 saturated carbocycles. The van der Waals surface area contributed by atoms with Crippen LogP contribution >= 0.6 is 11.8 Å². The number of thioether (sulfide) groups is 1. The zero-order valence-corrected chi connectivity index (χ0v) is 17.1. The summed E-state index contributed by atoms with van der Waals surface area (Å²) >= 11 is 1.09. The summed E-state index contributed by atoms with van der Waals surface area (Å²) in [7, 11) is 3.33. The van der Waals surface area contributed by atoms with Gasteiger partial charge in [-0.05, 0) is 18.9 Å². The SMILES string of the molecule is CN(C)C(=O)SCC(Cc1ccccc1)C(=O)NC1(C)C=CC=CC1C(=O)O. The van der Waals surface area contributed by atoms with Crippen molar-refractivity contribution >= 4 is 28.9 Å². The minimum Gasteiger partial charge on any atom is -0.481 e. The standard InChI is InChI=1S/C21H26N2O4S/c1-21(12-8-7-11-17(21)19(25)26)22-18(24)16(14-28-20(27)23(2)3)13-15-9-5-4-6-10-15/h4-12,16-17H,13-14H2,1-3H3,(H,22,24)(H,25,26). The number of carbonyl (C=O) groups excluding carboxylic acids is 2. The van der Waals surface area contributed by atoms with Gasteiger partial charge in [0, 0.05) is 19.8 Å². The van der Waals surface area contributed by atoms with Crippen LogP contribution in [0.15, 0.2) is 54.6 Å². The second-order valence-electron chi connectivity index (χ2n) is 7.19. The van der Waals surface area contributed by atoms with Crippen molar-refractivity contribution < 1.29 is 19.5 Å². The molecule has 150 valence electrons.